The normalized spacial score (nSPS) is 12.0. The van der Waals surface area contributed by atoms with E-state index < -0.39 is 0 Å². The van der Waals surface area contributed by atoms with E-state index >= 15 is 0 Å². The molecule has 0 saturated carbocycles. The first-order chi connectivity index (χ1) is 16.5. The van der Waals surface area contributed by atoms with Gasteiger partial charge >= 0.3 is 0 Å². The minimum atomic E-state index is -0.236. The summed E-state index contributed by atoms with van der Waals surface area (Å²) in [4.78, 5) is 31.4. The lowest BCUT2D eigenvalue weighted by Crippen LogP contribution is -2.45. The van der Waals surface area contributed by atoms with Crippen molar-refractivity contribution in [2.24, 2.45) is 0 Å². The Labute approximate surface area is 203 Å². The Morgan fingerprint density at radius 2 is 1.82 bits per heavy atom. The van der Waals surface area contributed by atoms with Crippen molar-refractivity contribution in [1.29, 1.82) is 0 Å². The van der Waals surface area contributed by atoms with Crippen molar-refractivity contribution in [1.82, 2.24) is 9.80 Å². The first kappa shape index (κ1) is 23.6. The third-order valence-corrected chi connectivity index (χ3v) is 6.48. The molecule has 178 valence electrons. The molecule has 1 aliphatic heterocycles. The number of hydrogen-bond donors (Lipinski definition) is 0. The van der Waals surface area contributed by atoms with E-state index in [-0.39, 0.29) is 31.2 Å². The van der Waals surface area contributed by atoms with Crippen LogP contribution >= 0.6 is 11.3 Å². The number of amides is 2. The topological polar surface area (TPSA) is 68.3 Å². The predicted molar refractivity (Wildman–Crippen MR) is 130 cm³/mol. The summed E-state index contributed by atoms with van der Waals surface area (Å²) in [5, 5.41) is 1.99. The van der Waals surface area contributed by atoms with Gasteiger partial charge in [-0.1, -0.05) is 24.3 Å². The molecule has 34 heavy (non-hydrogen) atoms. The molecular formula is C26H28N2O5S. The van der Waals surface area contributed by atoms with E-state index in [0.29, 0.717) is 35.9 Å². The fourth-order valence-electron chi connectivity index (χ4n) is 3.79. The highest BCUT2D eigenvalue weighted by Crippen LogP contribution is 2.33. The zero-order valence-electron chi connectivity index (χ0n) is 19.5. The summed E-state index contributed by atoms with van der Waals surface area (Å²) in [6.07, 6.45) is 0. The van der Waals surface area contributed by atoms with Crippen LogP contribution < -0.4 is 14.2 Å². The average molecular weight is 481 g/mol. The lowest BCUT2D eigenvalue weighted by Gasteiger charge is -2.30. The molecule has 3 aromatic rings. The van der Waals surface area contributed by atoms with E-state index in [2.05, 4.69) is 0 Å². The molecule has 0 spiro atoms. The second-order valence-electron chi connectivity index (χ2n) is 8.24. The van der Waals surface area contributed by atoms with Gasteiger partial charge in [0.15, 0.2) is 11.5 Å². The minimum Gasteiger partial charge on any atom is -0.496 e. The monoisotopic (exact) mass is 480 g/mol. The Bertz CT molecular complexity index is 1150. The highest BCUT2D eigenvalue weighted by atomic mass is 32.1. The van der Waals surface area contributed by atoms with Gasteiger partial charge in [0, 0.05) is 17.5 Å². The average Bonchev–Trinajstić information content (AvgIpc) is 3.53. The van der Waals surface area contributed by atoms with Crippen LogP contribution in [0.2, 0.25) is 0 Å². The molecule has 2 amide bonds. The van der Waals surface area contributed by atoms with Crippen molar-refractivity contribution in [2.45, 2.75) is 33.0 Å². The van der Waals surface area contributed by atoms with Gasteiger partial charge in [-0.05, 0) is 55.1 Å². The largest absolute Gasteiger partial charge is 0.496 e. The van der Waals surface area contributed by atoms with Gasteiger partial charge in [-0.15, -0.1) is 11.3 Å². The number of methoxy groups -OCH3 is 1. The van der Waals surface area contributed by atoms with Crippen molar-refractivity contribution in [3.63, 3.8) is 0 Å². The highest BCUT2D eigenvalue weighted by Gasteiger charge is 2.27. The molecule has 1 aromatic heterocycles. The molecule has 2 aromatic carbocycles. The number of thiophene rings is 1. The van der Waals surface area contributed by atoms with Crippen molar-refractivity contribution >= 4 is 23.2 Å². The Morgan fingerprint density at radius 1 is 1.03 bits per heavy atom. The van der Waals surface area contributed by atoms with E-state index in [4.69, 9.17) is 14.2 Å². The molecule has 7 nitrogen and oxygen atoms in total. The number of carbonyl (C=O) groups is 2. The standard InChI is InChI=1S/C26H28N2O5S/c1-18(2)28(26(30)21-8-4-5-9-22(21)31-3)16-25(29)27(15-20-7-6-12-34-20)14-19-10-11-23-24(13-19)33-17-32-23/h4-13,18H,14-17H2,1-3H3. The summed E-state index contributed by atoms with van der Waals surface area (Å²) in [5.41, 5.74) is 1.37. The number of carbonyl (C=O) groups excluding carboxylic acids is 2. The van der Waals surface area contributed by atoms with Gasteiger partial charge in [-0.25, -0.2) is 0 Å². The van der Waals surface area contributed by atoms with Gasteiger partial charge in [-0.3, -0.25) is 9.59 Å². The number of hydrogen-bond acceptors (Lipinski definition) is 6. The smallest absolute Gasteiger partial charge is 0.258 e. The molecule has 8 heteroatoms. The van der Waals surface area contributed by atoms with Gasteiger partial charge in [0.25, 0.3) is 5.91 Å². The molecular weight excluding hydrogens is 452 g/mol. The van der Waals surface area contributed by atoms with Crippen molar-refractivity contribution < 1.29 is 23.8 Å². The summed E-state index contributed by atoms with van der Waals surface area (Å²) in [5.74, 6) is 1.49. The Hall–Kier alpha value is -3.52. The Kier molecular flexibility index (Phi) is 7.37. The van der Waals surface area contributed by atoms with E-state index in [1.165, 1.54) is 7.11 Å². The van der Waals surface area contributed by atoms with Gasteiger partial charge in [-0.2, -0.15) is 0 Å². The van der Waals surface area contributed by atoms with E-state index in [0.717, 1.165) is 10.4 Å². The van der Waals surface area contributed by atoms with Crippen LogP contribution in [0.15, 0.2) is 60.0 Å². The summed E-state index contributed by atoms with van der Waals surface area (Å²) < 4.78 is 16.3. The number of benzene rings is 2. The molecule has 0 unspecified atom stereocenters. The van der Waals surface area contributed by atoms with Crippen LogP contribution in [0.3, 0.4) is 0 Å². The molecule has 0 N–H and O–H groups in total. The SMILES string of the molecule is COc1ccccc1C(=O)N(CC(=O)N(Cc1ccc2c(c1)OCO2)Cc1cccs1)C(C)C. The molecule has 0 bridgehead atoms. The van der Waals surface area contributed by atoms with Crippen molar-refractivity contribution in [3.05, 3.63) is 76.0 Å². The summed E-state index contributed by atoms with van der Waals surface area (Å²) >= 11 is 1.60. The lowest BCUT2D eigenvalue weighted by atomic mass is 10.1. The molecule has 0 fully saturated rings. The van der Waals surface area contributed by atoms with Gasteiger partial charge in [0.2, 0.25) is 12.7 Å². The third-order valence-electron chi connectivity index (χ3n) is 5.62. The molecule has 1 aliphatic rings. The molecule has 4 rings (SSSR count). The Balaban J connectivity index is 1.56. The maximum atomic E-state index is 13.6. The first-order valence-corrected chi connectivity index (χ1v) is 12.0. The van der Waals surface area contributed by atoms with Crippen LogP contribution in [0.4, 0.5) is 0 Å². The molecule has 0 radical (unpaired) electrons. The van der Waals surface area contributed by atoms with Crippen LogP contribution in [0.5, 0.6) is 17.2 Å². The van der Waals surface area contributed by atoms with E-state index in [1.807, 2.05) is 55.6 Å². The zero-order chi connectivity index (χ0) is 24.1. The number of ether oxygens (including phenoxy) is 3. The first-order valence-electron chi connectivity index (χ1n) is 11.1. The fraction of sp³-hybridized carbons (Fsp3) is 0.308. The van der Waals surface area contributed by atoms with Crippen LogP contribution in [0.25, 0.3) is 0 Å². The predicted octanol–water partition coefficient (Wildman–Crippen LogP) is 4.57. The third kappa shape index (κ3) is 5.34. The van der Waals surface area contributed by atoms with Crippen LogP contribution in [-0.2, 0) is 17.9 Å². The van der Waals surface area contributed by atoms with Crippen molar-refractivity contribution in [2.75, 3.05) is 20.4 Å². The van der Waals surface area contributed by atoms with Crippen LogP contribution in [0, 0.1) is 0 Å². The number of rotatable bonds is 9. The zero-order valence-corrected chi connectivity index (χ0v) is 20.3. The van der Waals surface area contributed by atoms with Crippen molar-refractivity contribution in [3.8, 4) is 17.2 Å². The molecule has 0 saturated heterocycles. The number of fused-ring (bicyclic) bond motifs is 1. The van der Waals surface area contributed by atoms with Gasteiger partial charge < -0.3 is 24.0 Å². The van der Waals surface area contributed by atoms with Gasteiger partial charge in [0.05, 0.1) is 19.2 Å². The summed E-state index contributed by atoms with van der Waals surface area (Å²) in [6, 6.07) is 16.6. The quantitative estimate of drug-likeness (QED) is 0.449. The summed E-state index contributed by atoms with van der Waals surface area (Å²) in [6.45, 7) is 4.82. The number of para-hydroxylation sites is 1. The van der Waals surface area contributed by atoms with Gasteiger partial charge in [0.1, 0.15) is 12.3 Å². The van der Waals surface area contributed by atoms with E-state index in [9.17, 15) is 9.59 Å². The maximum Gasteiger partial charge on any atom is 0.258 e. The highest BCUT2D eigenvalue weighted by molar-refractivity contribution is 7.09. The molecule has 0 aliphatic carbocycles. The second-order valence-corrected chi connectivity index (χ2v) is 9.28. The Morgan fingerprint density at radius 3 is 2.56 bits per heavy atom. The molecule has 0 atom stereocenters. The van der Waals surface area contributed by atoms with Crippen LogP contribution in [0.1, 0.15) is 34.6 Å². The molecule has 2 heterocycles. The van der Waals surface area contributed by atoms with E-state index in [1.54, 1.807) is 39.3 Å². The lowest BCUT2D eigenvalue weighted by molar-refractivity contribution is -0.133. The maximum absolute atomic E-state index is 13.6. The number of nitrogens with zero attached hydrogens (tertiary/aromatic N) is 2. The minimum absolute atomic E-state index is 0.0372. The summed E-state index contributed by atoms with van der Waals surface area (Å²) in [7, 11) is 1.53. The second kappa shape index (κ2) is 10.6. The fourth-order valence-corrected chi connectivity index (χ4v) is 4.51. The van der Waals surface area contributed by atoms with Crippen LogP contribution in [-0.4, -0.2) is 48.1 Å².